The highest BCUT2D eigenvalue weighted by atomic mass is 32.1. The number of aryl methyl sites for hydroxylation is 1. The highest BCUT2D eigenvalue weighted by Crippen LogP contribution is 2.33. The van der Waals surface area contributed by atoms with Gasteiger partial charge in [-0.05, 0) is 24.6 Å². The van der Waals surface area contributed by atoms with E-state index in [9.17, 15) is 4.79 Å². The molecule has 0 spiro atoms. The topological polar surface area (TPSA) is 66.9 Å². The molecule has 0 saturated carbocycles. The Bertz CT molecular complexity index is 889. The Labute approximate surface area is 137 Å². The summed E-state index contributed by atoms with van der Waals surface area (Å²) in [6, 6.07) is 10.1. The van der Waals surface area contributed by atoms with Crippen molar-refractivity contribution in [1.82, 2.24) is 9.97 Å². The number of benzene rings is 1. The van der Waals surface area contributed by atoms with Gasteiger partial charge in [0.15, 0.2) is 0 Å². The van der Waals surface area contributed by atoms with E-state index in [0.717, 1.165) is 21.7 Å². The molecule has 2 N–H and O–H groups in total. The standard InChI is InChI=1S/C17H16N4OS/c1-10-6-13-16(19-9-20-17(13)23-10)18-8-11-7-15(22)21-14-5-3-2-4-12(11)14/h2-6,9,11H,7-8H2,1H3,(H,21,22)(H,18,19,20). The van der Waals surface area contributed by atoms with Gasteiger partial charge in [0.2, 0.25) is 5.91 Å². The number of amides is 1. The molecule has 0 radical (unpaired) electrons. The van der Waals surface area contributed by atoms with Crippen LogP contribution in [0.2, 0.25) is 0 Å². The number of para-hydroxylation sites is 1. The van der Waals surface area contributed by atoms with Crippen molar-refractivity contribution in [1.29, 1.82) is 0 Å². The number of anilines is 2. The first-order valence-electron chi connectivity index (χ1n) is 7.54. The summed E-state index contributed by atoms with van der Waals surface area (Å²) in [7, 11) is 0. The number of carbonyl (C=O) groups excluding carboxylic acids is 1. The van der Waals surface area contributed by atoms with E-state index in [0.29, 0.717) is 13.0 Å². The molecule has 2 aromatic heterocycles. The summed E-state index contributed by atoms with van der Waals surface area (Å²) in [6.07, 6.45) is 2.07. The molecule has 1 aliphatic heterocycles. The number of hydrogen-bond acceptors (Lipinski definition) is 5. The van der Waals surface area contributed by atoms with Gasteiger partial charge < -0.3 is 10.6 Å². The number of nitrogens with zero attached hydrogens (tertiary/aromatic N) is 2. The van der Waals surface area contributed by atoms with E-state index in [2.05, 4.69) is 39.7 Å². The van der Waals surface area contributed by atoms with Gasteiger partial charge in [-0.25, -0.2) is 9.97 Å². The van der Waals surface area contributed by atoms with Crippen LogP contribution in [0.25, 0.3) is 10.2 Å². The van der Waals surface area contributed by atoms with Crippen LogP contribution in [0.5, 0.6) is 0 Å². The van der Waals surface area contributed by atoms with Crippen molar-refractivity contribution in [2.24, 2.45) is 0 Å². The number of hydrogen-bond donors (Lipinski definition) is 2. The largest absolute Gasteiger partial charge is 0.369 e. The lowest BCUT2D eigenvalue weighted by molar-refractivity contribution is -0.116. The van der Waals surface area contributed by atoms with E-state index in [1.165, 1.54) is 10.4 Å². The SMILES string of the molecule is Cc1cc2c(NCC3CC(=O)Nc4ccccc43)ncnc2s1. The fourth-order valence-corrected chi connectivity index (χ4v) is 3.87. The molecule has 1 amide bonds. The molecule has 1 unspecified atom stereocenters. The molecule has 0 fully saturated rings. The molecule has 0 bridgehead atoms. The van der Waals surface area contributed by atoms with Gasteiger partial charge in [-0.3, -0.25) is 4.79 Å². The summed E-state index contributed by atoms with van der Waals surface area (Å²) in [5.41, 5.74) is 2.08. The average molecular weight is 324 g/mol. The molecular formula is C17H16N4OS. The first-order valence-corrected chi connectivity index (χ1v) is 8.36. The molecule has 4 rings (SSSR count). The van der Waals surface area contributed by atoms with Gasteiger partial charge in [0, 0.05) is 29.4 Å². The van der Waals surface area contributed by atoms with Gasteiger partial charge in [-0.15, -0.1) is 11.3 Å². The van der Waals surface area contributed by atoms with Crippen LogP contribution in [0.4, 0.5) is 11.5 Å². The third kappa shape index (κ3) is 2.66. The minimum absolute atomic E-state index is 0.0645. The van der Waals surface area contributed by atoms with Gasteiger partial charge >= 0.3 is 0 Å². The van der Waals surface area contributed by atoms with Crippen molar-refractivity contribution >= 4 is 39.0 Å². The Hall–Kier alpha value is -2.47. The quantitative estimate of drug-likeness (QED) is 0.773. The first kappa shape index (κ1) is 14.1. The molecule has 0 saturated heterocycles. The normalized spacial score (nSPS) is 16.9. The monoisotopic (exact) mass is 324 g/mol. The minimum Gasteiger partial charge on any atom is -0.369 e. The zero-order chi connectivity index (χ0) is 15.8. The molecule has 3 aromatic rings. The Balaban J connectivity index is 1.60. The lowest BCUT2D eigenvalue weighted by Gasteiger charge is -2.25. The van der Waals surface area contributed by atoms with Crippen molar-refractivity contribution in [2.75, 3.05) is 17.2 Å². The number of aromatic nitrogens is 2. The van der Waals surface area contributed by atoms with Crippen molar-refractivity contribution in [3.8, 4) is 0 Å². The van der Waals surface area contributed by atoms with Crippen molar-refractivity contribution < 1.29 is 4.79 Å². The second kappa shape index (κ2) is 5.62. The lowest BCUT2D eigenvalue weighted by atomic mass is 9.90. The Morgan fingerprint density at radius 2 is 2.22 bits per heavy atom. The van der Waals surface area contributed by atoms with Gasteiger partial charge in [-0.2, -0.15) is 0 Å². The zero-order valence-corrected chi connectivity index (χ0v) is 13.5. The van der Waals surface area contributed by atoms with Crippen LogP contribution in [0, 0.1) is 6.92 Å². The predicted octanol–water partition coefficient (Wildman–Crippen LogP) is 3.54. The minimum atomic E-state index is 0.0645. The molecule has 1 atom stereocenters. The molecular weight excluding hydrogens is 308 g/mol. The van der Waals surface area contributed by atoms with Crippen LogP contribution in [-0.4, -0.2) is 22.4 Å². The van der Waals surface area contributed by atoms with E-state index in [1.54, 1.807) is 17.7 Å². The van der Waals surface area contributed by atoms with Crippen LogP contribution in [0.1, 0.15) is 22.8 Å². The number of carbonyl (C=O) groups is 1. The van der Waals surface area contributed by atoms with E-state index in [-0.39, 0.29) is 11.8 Å². The Morgan fingerprint density at radius 1 is 1.35 bits per heavy atom. The van der Waals surface area contributed by atoms with Crippen molar-refractivity contribution in [2.45, 2.75) is 19.3 Å². The fraction of sp³-hybridized carbons (Fsp3) is 0.235. The summed E-state index contributed by atoms with van der Waals surface area (Å²) >= 11 is 1.66. The van der Waals surface area contributed by atoms with Crippen molar-refractivity contribution in [3.05, 3.63) is 47.1 Å². The van der Waals surface area contributed by atoms with Crippen LogP contribution < -0.4 is 10.6 Å². The maximum atomic E-state index is 11.9. The fourth-order valence-electron chi connectivity index (χ4n) is 3.02. The average Bonchev–Trinajstić information content (AvgIpc) is 2.93. The Morgan fingerprint density at radius 3 is 3.13 bits per heavy atom. The third-order valence-electron chi connectivity index (χ3n) is 4.08. The second-order valence-corrected chi connectivity index (χ2v) is 6.95. The highest BCUT2D eigenvalue weighted by molar-refractivity contribution is 7.18. The molecule has 3 heterocycles. The summed E-state index contributed by atoms with van der Waals surface area (Å²) in [6.45, 7) is 2.74. The summed E-state index contributed by atoms with van der Waals surface area (Å²) in [4.78, 5) is 22.8. The van der Waals surface area contributed by atoms with Gasteiger partial charge in [0.25, 0.3) is 0 Å². The maximum absolute atomic E-state index is 11.9. The smallest absolute Gasteiger partial charge is 0.225 e. The third-order valence-corrected chi connectivity index (χ3v) is 5.03. The highest BCUT2D eigenvalue weighted by Gasteiger charge is 2.24. The molecule has 6 heteroatoms. The molecule has 23 heavy (non-hydrogen) atoms. The van der Waals surface area contributed by atoms with E-state index >= 15 is 0 Å². The van der Waals surface area contributed by atoms with E-state index in [4.69, 9.17) is 0 Å². The van der Waals surface area contributed by atoms with E-state index in [1.807, 2.05) is 18.2 Å². The number of fused-ring (bicyclic) bond motifs is 2. The summed E-state index contributed by atoms with van der Waals surface area (Å²) in [5, 5.41) is 7.38. The molecule has 1 aliphatic rings. The summed E-state index contributed by atoms with van der Waals surface area (Å²) < 4.78 is 0. The maximum Gasteiger partial charge on any atom is 0.225 e. The van der Waals surface area contributed by atoms with Gasteiger partial charge in [0.05, 0.1) is 5.39 Å². The number of thiophene rings is 1. The number of nitrogens with one attached hydrogen (secondary N) is 2. The molecule has 0 aliphatic carbocycles. The summed E-state index contributed by atoms with van der Waals surface area (Å²) in [5.74, 6) is 1.04. The van der Waals surface area contributed by atoms with Crippen LogP contribution in [0.3, 0.4) is 0 Å². The Kier molecular flexibility index (Phi) is 3.46. The lowest BCUT2D eigenvalue weighted by Crippen LogP contribution is -2.26. The van der Waals surface area contributed by atoms with Crippen LogP contribution >= 0.6 is 11.3 Å². The van der Waals surface area contributed by atoms with E-state index < -0.39 is 0 Å². The van der Waals surface area contributed by atoms with Crippen LogP contribution in [0.15, 0.2) is 36.7 Å². The van der Waals surface area contributed by atoms with Gasteiger partial charge in [0.1, 0.15) is 17.0 Å². The van der Waals surface area contributed by atoms with Crippen molar-refractivity contribution in [3.63, 3.8) is 0 Å². The molecule has 5 nitrogen and oxygen atoms in total. The zero-order valence-electron chi connectivity index (χ0n) is 12.7. The van der Waals surface area contributed by atoms with Gasteiger partial charge in [-0.1, -0.05) is 18.2 Å². The van der Waals surface area contributed by atoms with Crippen LogP contribution in [-0.2, 0) is 4.79 Å². The number of rotatable bonds is 3. The second-order valence-electron chi connectivity index (χ2n) is 5.72. The molecule has 1 aromatic carbocycles. The first-order chi connectivity index (χ1) is 11.2. The molecule has 116 valence electrons. The predicted molar refractivity (Wildman–Crippen MR) is 93.1 cm³/mol.